The summed E-state index contributed by atoms with van der Waals surface area (Å²) in [5, 5.41) is 0.464. The summed E-state index contributed by atoms with van der Waals surface area (Å²) in [4.78, 5) is 26.7. The van der Waals surface area contributed by atoms with Gasteiger partial charge in [0.2, 0.25) is 0 Å². The van der Waals surface area contributed by atoms with Crippen molar-refractivity contribution in [1.82, 2.24) is 4.90 Å². The van der Waals surface area contributed by atoms with Crippen LogP contribution in [0.15, 0.2) is 35.2 Å². The molecule has 0 aromatic heterocycles. The van der Waals surface area contributed by atoms with E-state index in [-0.39, 0.29) is 17.7 Å². The summed E-state index contributed by atoms with van der Waals surface area (Å²) in [5.41, 5.74) is 1.47. The molecule has 1 heterocycles. The van der Waals surface area contributed by atoms with E-state index in [0.717, 1.165) is 26.5 Å². The van der Waals surface area contributed by atoms with Gasteiger partial charge in [-0.25, -0.2) is 0 Å². The lowest BCUT2D eigenvalue weighted by Gasteiger charge is -2.13. The Hall–Kier alpha value is -1.42. The van der Waals surface area contributed by atoms with Gasteiger partial charge in [0, 0.05) is 0 Å². The molecule has 0 spiro atoms. The monoisotopic (exact) mass is 563 g/mol. The molecule has 1 saturated heterocycles. The zero-order valence-electron chi connectivity index (χ0n) is 15.5. The first-order valence-electron chi connectivity index (χ1n) is 8.53. The third-order valence-electron chi connectivity index (χ3n) is 4.04. The van der Waals surface area contributed by atoms with Crippen molar-refractivity contribution in [3.63, 3.8) is 0 Å². The molecule has 0 atom stereocenters. The minimum absolute atomic E-state index is 0.128. The zero-order valence-corrected chi connectivity index (χ0v) is 20.0. The summed E-state index contributed by atoms with van der Waals surface area (Å²) in [5.74, 6) is 0.870. The van der Waals surface area contributed by atoms with E-state index in [1.165, 1.54) is 4.90 Å². The molecule has 9 heteroatoms. The highest BCUT2D eigenvalue weighted by Crippen LogP contribution is 2.38. The van der Waals surface area contributed by atoms with Crippen LogP contribution in [0.2, 0.25) is 10.0 Å². The van der Waals surface area contributed by atoms with E-state index in [1.807, 2.05) is 13.0 Å². The number of ether oxygens (including phenoxy) is 2. The molecule has 29 heavy (non-hydrogen) atoms. The van der Waals surface area contributed by atoms with Crippen LogP contribution in [-0.2, 0) is 11.3 Å². The summed E-state index contributed by atoms with van der Waals surface area (Å²) in [6.45, 7) is 2.54. The number of imide groups is 1. The fourth-order valence-corrected chi connectivity index (χ4v) is 4.66. The number of amides is 2. The molecule has 0 unspecified atom stereocenters. The quantitative estimate of drug-likeness (QED) is 0.307. The van der Waals surface area contributed by atoms with Gasteiger partial charge in [-0.15, -0.1) is 0 Å². The van der Waals surface area contributed by atoms with Crippen LogP contribution in [-0.4, -0.2) is 29.8 Å². The van der Waals surface area contributed by atoms with Crippen LogP contribution in [0.5, 0.6) is 11.5 Å². The average molecular weight is 564 g/mol. The first kappa shape index (κ1) is 22.3. The van der Waals surface area contributed by atoms with Gasteiger partial charge >= 0.3 is 0 Å². The number of rotatable bonds is 6. The van der Waals surface area contributed by atoms with Crippen molar-refractivity contribution < 1.29 is 19.1 Å². The van der Waals surface area contributed by atoms with Crippen LogP contribution >= 0.6 is 57.6 Å². The Kier molecular flexibility index (Phi) is 7.37. The predicted octanol–water partition coefficient (Wildman–Crippen LogP) is 6.24. The number of carbonyl (C=O) groups excluding carboxylic acids is 2. The molecule has 5 nitrogen and oxygen atoms in total. The van der Waals surface area contributed by atoms with Gasteiger partial charge in [0.15, 0.2) is 11.5 Å². The fourth-order valence-electron chi connectivity index (χ4n) is 2.72. The maximum atomic E-state index is 12.8. The number of halogens is 3. The molecule has 0 N–H and O–H groups in total. The first-order chi connectivity index (χ1) is 13.8. The molecule has 2 aromatic carbocycles. The number of carbonyl (C=O) groups is 2. The lowest BCUT2D eigenvalue weighted by atomic mass is 10.1. The number of hydrogen-bond donors (Lipinski definition) is 0. The Morgan fingerprint density at radius 3 is 2.59 bits per heavy atom. The topological polar surface area (TPSA) is 55.8 Å². The minimum atomic E-state index is -0.353. The van der Waals surface area contributed by atoms with E-state index in [9.17, 15) is 9.59 Å². The fraction of sp³-hybridized carbons (Fsp3) is 0.200. The molecule has 0 bridgehead atoms. The van der Waals surface area contributed by atoms with Gasteiger partial charge in [-0.1, -0.05) is 29.3 Å². The molecule has 1 fully saturated rings. The predicted molar refractivity (Wildman–Crippen MR) is 125 cm³/mol. The van der Waals surface area contributed by atoms with Crippen molar-refractivity contribution in [3.8, 4) is 11.5 Å². The van der Waals surface area contributed by atoms with Crippen molar-refractivity contribution in [2.24, 2.45) is 0 Å². The van der Waals surface area contributed by atoms with Gasteiger partial charge in [0.25, 0.3) is 11.1 Å². The van der Waals surface area contributed by atoms with Crippen molar-refractivity contribution in [3.05, 3.63) is 60.0 Å². The second-order valence-electron chi connectivity index (χ2n) is 5.98. The van der Waals surface area contributed by atoms with Crippen LogP contribution < -0.4 is 9.47 Å². The number of methoxy groups -OCH3 is 1. The van der Waals surface area contributed by atoms with Crippen LogP contribution in [0.1, 0.15) is 18.1 Å². The van der Waals surface area contributed by atoms with Crippen LogP contribution in [0.3, 0.4) is 0 Å². The third kappa shape index (κ3) is 5.02. The Balaban J connectivity index is 1.86. The number of thioether (sulfide) groups is 1. The van der Waals surface area contributed by atoms with Crippen molar-refractivity contribution in [2.45, 2.75) is 13.5 Å². The number of nitrogens with zero attached hydrogens (tertiary/aromatic N) is 1. The molecule has 1 aliphatic rings. The molecule has 1 aliphatic heterocycles. The van der Waals surface area contributed by atoms with Gasteiger partial charge in [0.1, 0.15) is 0 Å². The summed E-state index contributed by atoms with van der Waals surface area (Å²) < 4.78 is 11.9. The molecule has 2 aromatic rings. The second-order valence-corrected chi connectivity index (χ2v) is 8.95. The first-order valence-corrected chi connectivity index (χ1v) is 11.2. The van der Waals surface area contributed by atoms with Crippen molar-refractivity contribution >= 4 is 74.8 Å². The Bertz CT molecular complexity index is 1010. The molecule has 0 radical (unpaired) electrons. The van der Waals surface area contributed by atoms with Gasteiger partial charge < -0.3 is 9.47 Å². The lowest BCUT2D eigenvalue weighted by molar-refractivity contribution is -0.123. The van der Waals surface area contributed by atoms with Crippen LogP contribution in [0, 0.1) is 3.57 Å². The van der Waals surface area contributed by atoms with Gasteiger partial charge in [-0.05, 0) is 82.7 Å². The van der Waals surface area contributed by atoms with E-state index in [1.54, 1.807) is 37.5 Å². The molecular weight excluding hydrogens is 548 g/mol. The molecule has 3 rings (SSSR count). The minimum Gasteiger partial charge on any atom is -0.493 e. The zero-order chi connectivity index (χ0) is 21.1. The van der Waals surface area contributed by atoms with Crippen molar-refractivity contribution in [2.75, 3.05) is 13.7 Å². The summed E-state index contributed by atoms with van der Waals surface area (Å²) >= 11 is 15.0. The maximum absolute atomic E-state index is 12.8. The largest absolute Gasteiger partial charge is 0.493 e. The highest BCUT2D eigenvalue weighted by atomic mass is 127. The van der Waals surface area contributed by atoms with Gasteiger partial charge in [0.05, 0.1) is 38.8 Å². The van der Waals surface area contributed by atoms with E-state index < -0.39 is 0 Å². The van der Waals surface area contributed by atoms with Crippen molar-refractivity contribution in [1.29, 1.82) is 0 Å². The highest BCUT2D eigenvalue weighted by Gasteiger charge is 2.35. The third-order valence-corrected chi connectivity index (χ3v) is 6.48. The Labute approximate surface area is 196 Å². The smallest absolute Gasteiger partial charge is 0.293 e. The van der Waals surface area contributed by atoms with E-state index >= 15 is 0 Å². The Morgan fingerprint density at radius 1 is 1.17 bits per heavy atom. The second kappa shape index (κ2) is 9.59. The molecule has 0 aliphatic carbocycles. The molecular formula is C20H16Cl2INO4S. The summed E-state index contributed by atoms with van der Waals surface area (Å²) in [7, 11) is 1.56. The van der Waals surface area contributed by atoms with E-state index in [0.29, 0.717) is 33.1 Å². The number of hydrogen-bond acceptors (Lipinski definition) is 5. The summed E-state index contributed by atoms with van der Waals surface area (Å²) in [6.07, 6.45) is 1.68. The van der Waals surface area contributed by atoms with E-state index in [4.69, 9.17) is 32.7 Å². The maximum Gasteiger partial charge on any atom is 0.293 e. The van der Waals surface area contributed by atoms with Crippen LogP contribution in [0.4, 0.5) is 4.79 Å². The molecule has 2 amide bonds. The Morgan fingerprint density at radius 2 is 1.93 bits per heavy atom. The van der Waals surface area contributed by atoms with Gasteiger partial charge in [-0.2, -0.15) is 0 Å². The lowest BCUT2D eigenvalue weighted by Crippen LogP contribution is -2.27. The standard InChI is InChI=1S/C20H16Cl2INO4S/c1-3-28-18-15(23)7-12(8-16(18)27-2)9-17-19(25)24(20(26)29-17)10-11-4-5-13(21)14(22)6-11/h4-9H,3,10H2,1-2H3/b17-9+. The summed E-state index contributed by atoms with van der Waals surface area (Å²) in [6, 6.07) is 8.68. The normalized spacial score (nSPS) is 15.3. The number of benzene rings is 2. The van der Waals surface area contributed by atoms with Crippen LogP contribution in [0.25, 0.3) is 6.08 Å². The van der Waals surface area contributed by atoms with Gasteiger partial charge in [-0.3, -0.25) is 14.5 Å². The molecule has 152 valence electrons. The highest BCUT2D eigenvalue weighted by molar-refractivity contribution is 14.1. The molecule has 0 saturated carbocycles. The van der Waals surface area contributed by atoms with E-state index in [2.05, 4.69) is 22.6 Å². The SMILES string of the molecule is CCOc1c(I)cc(/C=C2/SC(=O)N(Cc3ccc(Cl)c(Cl)c3)C2=O)cc1OC. The average Bonchev–Trinajstić information content (AvgIpc) is 2.94.